The molecule has 122 valence electrons. The van der Waals surface area contributed by atoms with Crippen molar-refractivity contribution in [1.29, 1.82) is 0 Å². The van der Waals surface area contributed by atoms with Crippen LogP contribution in [0.4, 0.5) is 0 Å². The molecule has 1 aliphatic carbocycles. The second-order valence-corrected chi connectivity index (χ2v) is 7.09. The van der Waals surface area contributed by atoms with Crippen molar-refractivity contribution in [1.82, 2.24) is 14.3 Å². The fourth-order valence-electron chi connectivity index (χ4n) is 2.73. The van der Waals surface area contributed by atoms with Gasteiger partial charge in [-0.1, -0.05) is 41.9 Å². The predicted molar refractivity (Wildman–Crippen MR) is 97.1 cm³/mol. The fraction of sp³-hybridized carbons (Fsp3) is 0.222. The van der Waals surface area contributed by atoms with E-state index >= 15 is 0 Å². The molecular formula is C18H16ClN3OS. The molecule has 1 aromatic carbocycles. The molecule has 0 N–H and O–H groups in total. The average Bonchev–Trinajstić information content (AvgIpc) is 3.26. The Bertz CT molecular complexity index is 896. The number of imidazole rings is 1. The Morgan fingerprint density at radius 2 is 2.17 bits per heavy atom. The first-order chi connectivity index (χ1) is 11.7. The van der Waals surface area contributed by atoms with Gasteiger partial charge in [-0.25, -0.2) is 4.98 Å². The number of carbonyl (C=O) groups is 1. The molecule has 1 saturated carbocycles. The number of benzene rings is 1. The summed E-state index contributed by atoms with van der Waals surface area (Å²) in [6.07, 6.45) is 7.43. The molecular weight excluding hydrogens is 342 g/mol. The molecule has 0 atom stereocenters. The summed E-state index contributed by atoms with van der Waals surface area (Å²) in [5.74, 6) is 0.0163. The van der Waals surface area contributed by atoms with Crippen molar-refractivity contribution in [3.05, 3.63) is 64.4 Å². The number of nitrogens with zero attached hydrogens (tertiary/aromatic N) is 3. The molecule has 0 radical (unpaired) electrons. The molecule has 24 heavy (non-hydrogen) atoms. The van der Waals surface area contributed by atoms with Crippen molar-refractivity contribution < 1.29 is 4.79 Å². The van der Waals surface area contributed by atoms with Crippen LogP contribution in [0.5, 0.6) is 0 Å². The number of thiazole rings is 1. The van der Waals surface area contributed by atoms with E-state index in [1.807, 2.05) is 39.1 Å². The van der Waals surface area contributed by atoms with Crippen LogP contribution in [0.15, 0.2) is 48.0 Å². The Labute approximate surface area is 149 Å². The molecule has 4 rings (SSSR count). The zero-order valence-corrected chi connectivity index (χ0v) is 14.5. The molecule has 1 aliphatic rings. The van der Waals surface area contributed by atoms with E-state index in [9.17, 15) is 4.79 Å². The van der Waals surface area contributed by atoms with Crippen molar-refractivity contribution >= 4 is 39.9 Å². The van der Waals surface area contributed by atoms with Gasteiger partial charge in [0.1, 0.15) is 0 Å². The summed E-state index contributed by atoms with van der Waals surface area (Å²) in [5.41, 5.74) is 1.89. The van der Waals surface area contributed by atoms with Gasteiger partial charge in [-0.15, -0.1) is 11.3 Å². The molecule has 0 spiro atoms. The standard InChI is InChI=1S/C18H16ClN3OS/c19-17-15(21-10-11-24-18(21)20-17)8-9-16(23)22(14-6-7-14)12-13-4-2-1-3-5-13/h1-5,8-11,14H,6-7,12H2/b9-8+. The normalized spacial score (nSPS) is 14.5. The highest BCUT2D eigenvalue weighted by Crippen LogP contribution is 2.29. The van der Waals surface area contributed by atoms with Gasteiger partial charge < -0.3 is 4.90 Å². The van der Waals surface area contributed by atoms with E-state index in [4.69, 9.17) is 11.6 Å². The van der Waals surface area contributed by atoms with Crippen LogP contribution in [0.3, 0.4) is 0 Å². The van der Waals surface area contributed by atoms with Gasteiger partial charge in [-0.2, -0.15) is 0 Å². The summed E-state index contributed by atoms with van der Waals surface area (Å²) >= 11 is 7.69. The summed E-state index contributed by atoms with van der Waals surface area (Å²) in [6, 6.07) is 10.4. The maximum absolute atomic E-state index is 12.7. The van der Waals surface area contributed by atoms with Crippen LogP contribution < -0.4 is 0 Å². The Morgan fingerprint density at radius 3 is 2.92 bits per heavy atom. The Morgan fingerprint density at radius 1 is 1.38 bits per heavy atom. The minimum Gasteiger partial charge on any atom is -0.332 e. The molecule has 2 aromatic heterocycles. The topological polar surface area (TPSA) is 37.6 Å². The largest absolute Gasteiger partial charge is 0.332 e. The highest BCUT2D eigenvalue weighted by atomic mass is 35.5. The number of rotatable bonds is 5. The van der Waals surface area contributed by atoms with Gasteiger partial charge in [0.05, 0.1) is 5.69 Å². The third-order valence-corrected chi connectivity index (χ3v) is 5.14. The van der Waals surface area contributed by atoms with Gasteiger partial charge in [0, 0.05) is 30.2 Å². The number of amides is 1. The van der Waals surface area contributed by atoms with Gasteiger partial charge in [-0.3, -0.25) is 9.20 Å². The minimum absolute atomic E-state index is 0.0163. The molecule has 1 amide bonds. The number of halogens is 1. The van der Waals surface area contributed by atoms with E-state index in [1.165, 1.54) is 11.3 Å². The first kappa shape index (κ1) is 15.4. The molecule has 0 bridgehead atoms. The van der Waals surface area contributed by atoms with Gasteiger partial charge in [-0.05, 0) is 24.5 Å². The maximum Gasteiger partial charge on any atom is 0.247 e. The number of hydrogen-bond donors (Lipinski definition) is 0. The lowest BCUT2D eigenvalue weighted by Crippen LogP contribution is -2.31. The lowest BCUT2D eigenvalue weighted by atomic mass is 10.2. The maximum atomic E-state index is 12.7. The number of aromatic nitrogens is 2. The number of fused-ring (bicyclic) bond motifs is 1. The van der Waals surface area contributed by atoms with E-state index in [0.717, 1.165) is 29.1 Å². The summed E-state index contributed by atoms with van der Waals surface area (Å²) in [7, 11) is 0. The van der Waals surface area contributed by atoms with Crippen LogP contribution in [-0.4, -0.2) is 26.2 Å². The highest BCUT2D eigenvalue weighted by Gasteiger charge is 2.31. The van der Waals surface area contributed by atoms with Crippen molar-refractivity contribution in [3.8, 4) is 0 Å². The monoisotopic (exact) mass is 357 g/mol. The Balaban J connectivity index is 1.55. The summed E-state index contributed by atoms with van der Waals surface area (Å²) in [6.45, 7) is 0.642. The van der Waals surface area contributed by atoms with Gasteiger partial charge in [0.15, 0.2) is 10.1 Å². The smallest absolute Gasteiger partial charge is 0.247 e. The van der Waals surface area contributed by atoms with Gasteiger partial charge >= 0.3 is 0 Å². The third kappa shape index (κ3) is 3.09. The first-order valence-electron chi connectivity index (χ1n) is 7.86. The molecule has 1 fully saturated rings. The average molecular weight is 358 g/mol. The SMILES string of the molecule is O=C(/C=C/c1c(Cl)nc2sccn12)N(Cc1ccccc1)C1CC1. The van der Waals surface area contributed by atoms with E-state index in [1.54, 1.807) is 12.2 Å². The van der Waals surface area contributed by atoms with Crippen LogP contribution in [0, 0.1) is 0 Å². The van der Waals surface area contributed by atoms with E-state index in [2.05, 4.69) is 17.1 Å². The summed E-state index contributed by atoms with van der Waals surface area (Å²) in [4.78, 5) is 19.7. The molecule has 6 heteroatoms. The summed E-state index contributed by atoms with van der Waals surface area (Å²) < 4.78 is 1.90. The predicted octanol–water partition coefficient (Wildman–Crippen LogP) is 4.25. The molecule has 3 aromatic rings. The number of hydrogen-bond acceptors (Lipinski definition) is 3. The van der Waals surface area contributed by atoms with Crippen LogP contribution in [-0.2, 0) is 11.3 Å². The number of carbonyl (C=O) groups excluding carboxylic acids is 1. The lowest BCUT2D eigenvalue weighted by Gasteiger charge is -2.21. The fourth-order valence-corrected chi connectivity index (χ4v) is 3.73. The second-order valence-electron chi connectivity index (χ2n) is 5.86. The van der Waals surface area contributed by atoms with Crippen molar-refractivity contribution in [2.45, 2.75) is 25.4 Å². The molecule has 2 heterocycles. The Hall–Kier alpha value is -2.11. The molecule has 0 aliphatic heterocycles. The van der Waals surface area contributed by atoms with Gasteiger partial charge in [0.2, 0.25) is 5.91 Å². The van der Waals surface area contributed by atoms with Crippen LogP contribution in [0.2, 0.25) is 5.15 Å². The zero-order valence-electron chi connectivity index (χ0n) is 12.9. The lowest BCUT2D eigenvalue weighted by molar-refractivity contribution is -0.127. The first-order valence-corrected chi connectivity index (χ1v) is 9.12. The highest BCUT2D eigenvalue weighted by molar-refractivity contribution is 7.15. The zero-order chi connectivity index (χ0) is 16.5. The van der Waals surface area contributed by atoms with Crippen LogP contribution in [0.1, 0.15) is 24.1 Å². The van der Waals surface area contributed by atoms with Crippen molar-refractivity contribution in [2.24, 2.45) is 0 Å². The minimum atomic E-state index is 0.0163. The summed E-state index contributed by atoms with van der Waals surface area (Å²) in [5, 5.41) is 2.37. The van der Waals surface area contributed by atoms with Crippen molar-refractivity contribution in [3.63, 3.8) is 0 Å². The van der Waals surface area contributed by atoms with E-state index < -0.39 is 0 Å². The van der Waals surface area contributed by atoms with E-state index in [-0.39, 0.29) is 5.91 Å². The third-order valence-electron chi connectivity index (χ3n) is 4.10. The van der Waals surface area contributed by atoms with Crippen LogP contribution >= 0.6 is 22.9 Å². The second kappa shape index (κ2) is 6.42. The van der Waals surface area contributed by atoms with Gasteiger partial charge in [0.25, 0.3) is 0 Å². The Kier molecular flexibility index (Phi) is 4.12. The molecule has 0 unspecified atom stereocenters. The molecule has 0 saturated heterocycles. The van der Waals surface area contributed by atoms with E-state index in [0.29, 0.717) is 17.7 Å². The van der Waals surface area contributed by atoms with Crippen molar-refractivity contribution in [2.75, 3.05) is 0 Å². The quantitative estimate of drug-likeness (QED) is 0.640. The molecule has 4 nitrogen and oxygen atoms in total. The van der Waals surface area contributed by atoms with Crippen LogP contribution in [0.25, 0.3) is 11.0 Å².